The predicted octanol–water partition coefficient (Wildman–Crippen LogP) is 6.23. The molecule has 1 aliphatic rings. The number of aromatic nitrogens is 2. The molecule has 152 valence electrons. The number of likely N-dealkylation sites (N-methyl/N-ethyl adjacent to an activating group) is 1. The van der Waals surface area contributed by atoms with Crippen molar-refractivity contribution in [2.45, 2.75) is 25.8 Å². The van der Waals surface area contributed by atoms with Gasteiger partial charge in [-0.1, -0.05) is 41.7 Å². The average molecular weight is 451 g/mol. The minimum atomic E-state index is 0.328. The van der Waals surface area contributed by atoms with Crippen LogP contribution in [0.15, 0.2) is 36.4 Å². The number of hydrogen-bond donors (Lipinski definition) is 2. The molecule has 3 aromatic rings. The van der Waals surface area contributed by atoms with Gasteiger partial charge in [0.2, 0.25) is 5.95 Å². The highest BCUT2D eigenvalue weighted by Crippen LogP contribution is 2.29. The van der Waals surface area contributed by atoms with Crippen LogP contribution < -0.4 is 10.6 Å². The molecule has 0 saturated carbocycles. The van der Waals surface area contributed by atoms with Gasteiger partial charge in [-0.2, -0.15) is 4.98 Å². The zero-order valence-corrected chi connectivity index (χ0v) is 18.3. The molecular weight excluding hydrogens is 429 g/mol. The van der Waals surface area contributed by atoms with Crippen LogP contribution in [0.3, 0.4) is 0 Å². The van der Waals surface area contributed by atoms with Crippen LogP contribution in [0, 0.1) is 0 Å². The highest BCUT2D eigenvalue weighted by atomic mass is 35.5. The highest BCUT2D eigenvalue weighted by molar-refractivity contribution is 6.35. The minimum Gasteiger partial charge on any atom is -0.365 e. The van der Waals surface area contributed by atoms with Crippen LogP contribution in [0.25, 0.3) is 10.9 Å². The molecule has 0 bridgehead atoms. The molecule has 0 radical (unpaired) electrons. The molecule has 0 aliphatic carbocycles. The number of halogens is 3. The Morgan fingerprint density at radius 3 is 2.59 bits per heavy atom. The lowest BCUT2D eigenvalue weighted by Crippen LogP contribution is -2.42. The maximum atomic E-state index is 6.25. The Morgan fingerprint density at radius 2 is 1.83 bits per heavy atom. The number of anilines is 3. The lowest BCUT2D eigenvalue weighted by Gasteiger charge is -2.32. The van der Waals surface area contributed by atoms with Crippen molar-refractivity contribution in [3.05, 3.63) is 51.5 Å². The number of hydrogen-bond acceptors (Lipinski definition) is 5. The normalized spacial score (nSPS) is 17.4. The van der Waals surface area contributed by atoms with Gasteiger partial charge in [-0.05, 0) is 62.3 Å². The second-order valence-corrected chi connectivity index (χ2v) is 8.53. The average Bonchev–Trinajstić information content (AvgIpc) is 2.68. The minimum absolute atomic E-state index is 0.328. The summed E-state index contributed by atoms with van der Waals surface area (Å²) in [4.78, 5) is 11.8. The number of nitrogens with one attached hydrogen (secondary N) is 2. The summed E-state index contributed by atoms with van der Waals surface area (Å²) in [6.45, 7) is 5.39. The SMILES string of the molecule is CCN1CCC[C@H](Nc2nc(Nc3cc(Cl)cc(Cl)c3)nc3ccc(Cl)cc23)C1. The van der Waals surface area contributed by atoms with Gasteiger partial charge in [0, 0.05) is 38.7 Å². The van der Waals surface area contributed by atoms with E-state index in [1.807, 2.05) is 18.2 Å². The Kier molecular flexibility index (Phi) is 6.30. The van der Waals surface area contributed by atoms with Crippen LogP contribution >= 0.6 is 34.8 Å². The number of rotatable bonds is 5. The van der Waals surface area contributed by atoms with Gasteiger partial charge >= 0.3 is 0 Å². The number of fused-ring (bicyclic) bond motifs is 1. The van der Waals surface area contributed by atoms with Crippen molar-refractivity contribution in [2.75, 3.05) is 30.3 Å². The summed E-state index contributed by atoms with van der Waals surface area (Å²) < 4.78 is 0. The third-order valence-electron chi connectivity index (χ3n) is 5.07. The monoisotopic (exact) mass is 449 g/mol. The van der Waals surface area contributed by atoms with Gasteiger partial charge in [0.1, 0.15) is 5.82 Å². The number of nitrogens with zero attached hydrogens (tertiary/aromatic N) is 3. The fourth-order valence-corrected chi connectivity index (χ4v) is 4.37. The van der Waals surface area contributed by atoms with Crippen LogP contribution in [0.1, 0.15) is 19.8 Å². The Hall–Kier alpha value is -1.79. The fraction of sp³-hybridized carbons (Fsp3) is 0.333. The summed E-state index contributed by atoms with van der Waals surface area (Å²) in [6, 6.07) is 11.2. The van der Waals surface area contributed by atoms with E-state index in [-0.39, 0.29) is 0 Å². The van der Waals surface area contributed by atoms with Gasteiger partial charge in [-0.25, -0.2) is 4.98 Å². The number of benzene rings is 2. The molecule has 1 atom stereocenters. The molecule has 8 heteroatoms. The van der Waals surface area contributed by atoms with Gasteiger partial charge in [0.05, 0.1) is 5.52 Å². The maximum absolute atomic E-state index is 6.25. The topological polar surface area (TPSA) is 53.1 Å². The van der Waals surface area contributed by atoms with Gasteiger partial charge in [0.25, 0.3) is 0 Å². The molecule has 1 aromatic heterocycles. The summed E-state index contributed by atoms with van der Waals surface area (Å²) in [5.41, 5.74) is 1.54. The molecule has 1 saturated heterocycles. The first-order valence-corrected chi connectivity index (χ1v) is 10.8. The maximum Gasteiger partial charge on any atom is 0.229 e. The van der Waals surface area contributed by atoms with E-state index in [0.717, 1.165) is 48.5 Å². The molecule has 2 aromatic carbocycles. The summed E-state index contributed by atoms with van der Waals surface area (Å²) in [6.07, 6.45) is 2.27. The second kappa shape index (κ2) is 8.92. The summed E-state index contributed by atoms with van der Waals surface area (Å²) in [7, 11) is 0. The molecule has 2 heterocycles. The van der Waals surface area contributed by atoms with E-state index in [2.05, 4.69) is 27.4 Å². The molecule has 0 amide bonds. The molecule has 5 nitrogen and oxygen atoms in total. The lowest BCUT2D eigenvalue weighted by atomic mass is 10.1. The van der Waals surface area contributed by atoms with Crippen molar-refractivity contribution in [1.29, 1.82) is 0 Å². The molecule has 4 rings (SSSR count). The van der Waals surface area contributed by atoms with E-state index in [4.69, 9.17) is 39.8 Å². The van der Waals surface area contributed by atoms with E-state index >= 15 is 0 Å². The zero-order valence-electron chi connectivity index (χ0n) is 16.1. The largest absolute Gasteiger partial charge is 0.365 e. The molecule has 1 aliphatic heterocycles. The van der Waals surface area contributed by atoms with Crippen molar-refractivity contribution >= 4 is 63.2 Å². The molecule has 0 spiro atoms. The van der Waals surface area contributed by atoms with E-state index in [9.17, 15) is 0 Å². The van der Waals surface area contributed by atoms with Gasteiger partial charge in [0.15, 0.2) is 0 Å². The van der Waals surface area contributed by atoms with E-state index in [0.29, 0.717) is 27.1 Å². The van der Waals surface area contributed by atoms with Gasteiger partial charge < -0.3 is 15.5 Å². The van der Waals surface area contributed by atoms with Crippen molar-refractivity contribution in [2.24, 2.45) is 0 Å². The zero-order chi connectivity index (χ0) is 20.4. The Balaban J connectivity index is 1.68. The summed E-state index contributed by atoms with van der Waals surface area (Å²) in [5, 5.41) is 9.50. The van der Waals surface area contributed by atoms with Crippen LogP contribution in [0.4, 0.5) is 17.5 Å². The van der Waals surface area contributed by atoms with Crippen molar-refractivity contribution < 1.29 is 0 Å². The molecule has 2 N–H and O–H groups in total. The third kappa shape index (κ3) is 5.04. The Morgan fingerprint density at radius 1 is 1.03 bits per heavy atom. The Labute approximate surface area is 185 Å². The fourth-order valence-electron chi connectivity index (χ4n) is 3.68. The van der Waals surface area contributed by atoms with Crippen LogP contribution in [-0.4, -0.2) is 40.5 Å². The molecule has 0 unspecified atom stereocenters. The third-order valence-corrected chi connectivity index (χ3v) is 5.74. The molecular formula is C21H22Cl3N5. The lowest BCUT2D eigenvalue weighted by molar-refractivity contribution is 0.226. The van der Waals surface area contributed by atoms with Gasteiger partial charge in [-0.15, -0.1) is 0 Å². The summed E-state index contributed by atoms with van der Waals surface area (Å²) in [5.74, 6) is 1.25. The first-order chi connectivity index (χ1) is 14.0. The smallest absolute Gasteiger partial charge is 0.229 e. The van der Waals surface area contributed by atoms with Crippen molar-refractivity contribution in [1.82, 2.24) is 14.9 Å². The second-order valence-electron chi connectivity index (χ2n) is 7.22. The predicted molar refractivity (Wildman–Crippen MR) is 123 cm³/mol. The van der Waals surface area contributed by atoms with Crippen molar-refractivity contribution in [3.63, 3.8) is 0 Å². The van der Waals surface area contributed by atoms with Crippen LogP contribution in [0.5, 0.6) is 0 Å². The van der Waals surface area contributed by atoms with E-state index in [1.165, 1.54) is 6.42 Å². The number of likely N-dealkylation sites (tertiary alicyclic amines) is 1. The first-order valence-electron chi connectivity index (χ1n) is 9.69. The van der Waals surface area contributed by atoms with Gasteiger partial charge in [-0.3, -0.25) is 0 Å². The van der Waals surface area contributed by atoms with E-state index < -0.39 is 0 Å². The number of piperidine rings is 1. The molecule has 1 fully saturated rings. The quantitative estimate of drug-likeness (QED) is 0.482. The van der Waals surface area contributed by atoms with E-state index in [1.54, 1.807) is 18.2 Å². The standard InChI is InChI=1S/C21H22Cl3N5/c1-2-29-7-3-4-16(12-29)25-20-18-11-13(22)5-6-19(18)27-21(28-20)26-17-9-14(23)8-15(24)10-17/h5-6,8-11,16H,2-4,7,12H2,1H3,(H2,25,26,27,28)/t16-/m0/s1. The molecule has 29 heavy (non-hydrogen) atoms. The van der Waals surface area contributed by atoms with Crippen molar-refractivity contribution in [3.8, 4) is 0 Å². The van der Waals surface area contributed by atoms with Crippen LogP contribution in [0.2, 0.25) is 15.1 Å². The van der Waals surface area contributed by atoms with Crippen LogP contribution in [-0.2, 0) is 0 Å². The Bertz CT molecular complexity index is 1010. The highest BCUT2D eigenvalue weighted by Gasteiger charge is 2.20. The first kappa shape index (κ1) is 20.5. The summed E-state index contributed by atoms with van der Waals surface area (Å²) >= 11 is 18.5.